The number of carbonyl (C=O) groups is 1. The topological polar surface area (TPSA) is 72.8 Å². The van der Waals surface area contributed by atoms with Crippen LogP contribution in [0.25, 0.3) is 0 Å². The predicted molar refractivity (Wildman–Crippen MR) is 69.4 cm³/mol. The van der Waals surface area contributed by atoms with E-state index in [9.17, 15) is 4.79 Å². The van der Waals surface area contributed by atoms with Crippen LogP contribution in [0.2, 0.25) is 0 Å². The van der Waals surface area contributed by atoms with Gasteiger partial charge in [0.15, 0.2) is 0 Å². The number of hydrogen-bond acceptors (Lipinski definition) is 4. The van der Waals surface area contributed by atoms with E-state index >= 15 is 0 Å². The lowest BCUT2D eigenvalue weighted by atomic mass is 10.3. The number of carbonyl (C=O) groups excluding carboxylic acids is 1. The van der Waals surface area contributed by atoms with E-state index in [1.54, 1.807) is 48.5 Å². The fourth-order valence-corrected chi connectivity index (χ4v) is 1.19. The minimum atomic E-state index is -0.833. The van der Waals surface area contributed by atoms with Gasteiger partial charge in [0.1, 0.15) is 11.5 Å². The molecule has 0 unspecified atom stereocenters. The highest BCUT2D eigenvalue weighted by Crippen LogP contribution is 2.12. The molecule has 2 aromatic carbocycles. The minimum absolute atomic E-state index is 0.462. The molecule has 0 aliphatic carbocycles. The highest BCUT2D eigenvalue weighted by Gasteiger charge is 2.06. The number of hydrogen-bond donors (Lipinski definition) is 1. The summed E-state index contributed by atoms with van der Waals surface area (Å²) in [5.41, 5.74) is 0. The lowest BCUT2D eigenvalue weighted by molar-refractivity contribution is 0.152. The van der Waals surface area contributed by atoms with Crippen molar-refractivity contribution in [1.82, 2.24) is 0 Å². The zero-order valence-corrected chi connectivity index (χ0v) is 10.7. The van der Waals surface area contributed by atoms with E-state index in [-0.39, 0.29) is 0 Å². The third-order valence-electron chi connectivity index (χ3n) is 1.89. The van der Waals surface area contributed by atoms with Crippen molar-refractivity contribution in [2.24, 2.45) is 0 Å². The van der Waals surface area contributed by atoms with Gasteiger partial charge in [-0.3, -0.25) is 0 Å². The highest BCUT2D eigenvalue weighted by molar-refractivity contribution is 7.16. The van der Waals surface area contributed by atoms with Crippen molar-refractivity contribution < 1.29 is 23.7 Å². The third kappa shape index (κ3) is 6.31. The Morgan fingerprint density at radius 1 is 0.842 bits per heavy atom. The number of rotatable bonds is 2. The number of benzene rings is 2. The fourth-order valence-electron chi connectivity index (χ4n) is 1.19. The Kier molecular flexibility index (Phi) is 6.87. The maximum atomic E-state index is 11.3. The Hall–Kier alpha value is -2.23. The van der Waals surface area contributed by atoms with Crippen LogP contribution in [0.1, 0.15) is 0 Å². The standard InChI is InChI=1S/C13H10O3.HO2P/c14-13(15-11-7-3-1-4-8-11)16-12-9-5-2-6-10-12;1-3-2/h1-10H;(H,1,2). The number of para-hydroxylation sites is 2. The van der Waals surface area contributed by atoms with Crippen LogP contribution in [0.15, 0.2) is 60.7 Å². The predicted octanol–water partition coefficient (Wildman–Crippen LogP) is 3.45. The molecule has 19 heavy (non-hydrogen) atoms. The van der Waals surface area contributed by atoms with Crippen molar-refractivity contribution in [3.63, 3.8) is 0 Å². The average Bonchev–Trinajstić information content (AvgIpc) is 2.41. The monoisotopic (exact) mass is 278 g/mol. The molecule has 0 saturated heterocycles. The summed E-state index contributed by atoms with van der Waals surface area (Å²) in [6.45, 7) is 0. The van der Waals surface area contributed by atoms with Crippen LogP contribution in [-0.4, -0.2) is 11.0 Å². The zero-order valence-electron chi connectivity index (χ0n) is 9.80. The normalized spacial score (nSPS) is 9.11. The molecule has 98 valence electrons. The van der Waals surface area contributed by atoms with Crippen molar-refractivity contribution in [2.45, 2.75) is 0 Å². The van der Waals surface area contributed by atoms with Crippen molar-refractivity contribution in [1.29, 1.82) is 0 Å². The first kappa shape index (κ1) is 14.8. The first-order valence-corrected chi connectivity index (χ1v) is 5.99. The van der Waals surface area contributed by atoms with Gasteiger partial charge in [0.05, 0.1) is 0 Å². The first-order chi connectivity index (χ1) is 9.26. The van der Waals surface area contributed by atoms with Crippen molar-refractivity contribution in [3.05, 3.63) is 60.7 Å². The molecule has 2 rings (SSSR count). The van der Waals surface area contributed by atoms with Crippen molar-refractivity contribution >= 4 is 14.8 Å². The summed E-state index contributed by atoms with van der Waals surface area (Å²) in [4.78, 5) is 18.3. The van der Waals surface area contributed by atoms with Crippen molar-refractivity contribution in [2.75, 3.05) is 0 Å². The molecule has 0 aliphatic rings. The smallest absolute Gasteiger partial charge is 0.395 e. The second kappa shape index (κ2) is 8.80. The summed E-state index contributed by atoms with van der Waals surface area (Å²) in [5.74, 6) is 0.923. The molecule has 6 heteroatoms. The van der Waals surface area contributed by atoms with Crippen LogP contribution in [0.3, 0.4) is 0 Å². The van der Waals surface area contributed by atoms with E-state index in [0.29, 0.717) is 11.5 Å². The fraction of sp³-hybridized carbons (Fsp3) is 0. The zero-order chi connectivity index (χ0) is 13.9. The van der Waals surface area contributed by atoms with Gasteiger partial charge in [-0.25, -0.2) is 9.36 Å². The maximum absolute atomic E-state index is 11.3. The van der Waals surface area contributed by atoms with Gasteiger partial charge in [-0.2, -0.15) is 0 Å². The van der Waals surface area contributed by atoms with E-state index in [2.05, 4.69) is 0 Å². The second-order valence-corrected chi connectivity index (χ2v) is 3.33. The van der Waals surface area contributed by atoms with Gasteiger partial charge in [-0.05, 0) is 24.3 Å². The quantitative estimate of drug-likeness (QED) is 0.517. The maximum Gasteiger partial charge on any atom is 0.519 e. The molecular formula is C13H11O5P. The minimum Gasteiger partial charge on any atom is -0.395 e. The van der Waals surface area contributed by atoms with E-state index < -0.39 is 14.8 Å². The molecule has 0 radical (unpaired) electrons. The largest absolute Gasteiger partial charge is 0.519 e. The van der Waals surface area contributed by atoms with E-state index in [0.717, 1.165) is 0 Å². The van der Waals surface area contributed by atoms with Gasteiger partial charge in [0.25, 0.3) is 0 Å². The van der Waals surface area contributed by atoms with Crippen molar-refractivity contribution in [3.8, 4) is 11.5 Å². The molecule has 1 N–H and O–H groups in total. The van der Waals surface area contributed by atoms with Crippen LogP contribution >= 0.6 is 8.69 Å². The molecule has 2 aromatic rings. The number of ether oxygens (including phenoxy) is 2. The second-order valence-electron chi connectivity index (χ2n) is 3.16. The molecule has 0 fully saturated rings. The Morgan fingerprint density at radius 2 is 1.16 bits per heavy atom. The summed E-state index contributed by atoms with van der Waals surface area (Å²) < 4.78 is 18.4. The molecule has 5 nitrogen and oxygen atoms in total. The Bertz CT molecular complexity index is 457. The molecule has 0 saturated carbocycles. The van der Waals surface area contributed by atoms with Gasteiger partial charge in [-0.1, -0.05) is 36.4 Å². The van der Waals surface area contributed by atoms with E-state index in [4.69, 9.17) is 18.9 Å². The molecule has 0 atom stereocenters. The molecule has 0 aliphatic heterocycles. The van der Waals surface area contributed by atoms with Gasteiger partial charge >= 0.3 is 14.8 Å². The molecular weight excluding hydrogens is 267 g/mol. The van der Waals surface area contributed by atoms with Crippen LogP contribution in [0.5, 0.6) is 11.5 Å². The Balaban J connectivity index is 0.000000550. The summed E-state index contributed by atoms with van der Waals surface area (Å²) in [7, 11) is -0.833. The van der Waals surface area contributed by atoms with E-state index in [1.807, 2.05) is 12.1 Å². The lowest BCUT2D eigenvalue weighted by Crippen LogP contribution is -2.13. The third-order valence-corrected chi connectivity index (χ3v) is 1.89. The van der Waals surface area contributed by atoms with Crippen LogP contribution in [-0.2, 0) is 4.57 Å². The van der Waals surface area contributed by atoms with Gasteiger partial charge < -0.3 is 14.4 Å². The Labute approximate surface area is 111 Å². The molecule has 0 amide bonds. The lowest BCUT2D eigenvalue weighted by Gasteiger charge is -2.04. The SMILES string of the molecule is O=C(Oc1ccccc1)Oc1ccccc1.O=PO. The molecule has 0 spiro atoms. The van der Waals surface area contributed by atoms with Crippen LogP contribution in [0.4, 0.5) is 4.79 Å². The van der Waals surface area contributed by atoms with Gasteiger partial charge in [0.2, 0.25) is 0 Å². The molecule has 0 heterocycles. The van der Waals surface area contributed by atoms with Crippen LogP contribution < -0.4 is 9.47 Å². The average molecular weight is 278 g/mol. The summed E-state index contributed by atoms with van der Waals surface area (Å²) in [6.07, 6.45) is -0.739. The van der Waals surface area contributed by atoms with Crippen LogP contribution in [0, 0.1) is 0 Å². The molecule has 0 aromatic heterocycles. The highest BCUT2D eigenvalue weighted by atomic mass is 31.1. The van der Waals surface area contributed by atoms with Gasteiger partial charge in [-0.15, -0.1) is 0 Å². The summed E-state index contributed by atoms with van der Waals surface area (Å²) in [5, 5.41) is 0. The summed E-state index contributed by atoms with van der Waals surface area (Å²) >= 11 is 0. The Morgan fingerprint density at radius 3 is 1.47 bits per heavy atom. The summed E-state index contributed by atoms with van der Waals surface area (Å²) in [6, 6.07) is 17.6. The molecule has 0 bridgehead atoms. The van der Waals surface area contributed by atoms with Gasteiger partial charge in [0, 0.05) is 0 Å². The first-order valence-electron chi connectivity index (χ1n) is 5.22. The van der Waals surface area contributed by atoms with E-state index in [1.165, 1.54) is 0 Å².